The van der Waals surface area contributed by atoms with E-state index in [9.17, 15) is 0 Å². The summed E-state index contributed by atoms with van der Waals surface area (Å²) < 4.78 is 0. The molecule has 3 rings (SSSR count). The maximum atomic E-state index is 3.94. The fourth-order valence-corrected chi connectivity index (χ4v) is 4.17. The molecule has 21 heavy (non-hydrogen) atoms. The summed E-state index contributed by atoms with van der Waals surface area (Å²) in [4.78, 5) is 2.46. The Balaban J connectivity index is 1.64. The van der Waals surface area contributed by atoms with E-state index in [-0.39, 0.29) is 0 Å². The molecule has 1 aromatic carbocycles. The lowest BCUT2D eigenvalue weighted by Crippen LogP contribution is -2.34. The fraction of sp³-hybridized carbons (Fsp3) is 0.684. The van der Waals surface area contributed by atoms with Crippen LogP contribution in [0.2, 0.25) is 0 Å². The number of benzene rings is 1. The van der Waals surface area contributed by atoms with Gasteiger partial charge in [0.25, 0.3) is 0 Å². The molecule has 0 aromatic heterocycles. The van der Waals surface area contributed by atoms with Gasteiger partial charge in [0.1, 0.15) is 0 Å². The van der Waals surface area contributed by atoms with E-state index in [1.54, 1.807) is 0 Å². The maximum absolute atomic E-state index is 3.94. The quantitative estimate of drug-likeness (QED) is 0.884. The van der Waals surface area contributed by atoms with Gasteiger partial charge in [-0.25, -0.2) is 0 Å². The summed E-state index contributed by atoms with van der Waals surface area (Å²) in [6, 6.07) is 11.7. The van der Waals surface area contributed by atoms with E-state index in [2.05, 4.69) is 47.6 Å². The summed E-state index contributed by atoms with van der Waals surface area (Å²) in [6.07, 6.45) is 8.43. The Bertz CT molecular complexity index is 411. The number of likely N-dealkylation sites (tertiary alicyclic amines) is 1. The van der Waals surface area contributed by atoms with Crippen LogP contribution >= 0.6 is 0 Å². The Morgan fingerprint density at radius 2 is 1.86 bits per heavy atom. The van der Waals surface area contributed by atoms with Crippen LogP contribution in [-0.4, -0.2) is 31.6 Å². The molecule has 2 aliphatic rings. The van der Waals surface area contributed by atoms with Gasteiger partial charge in [0.05, 0.1) is 0 Å². The van der Waals surface area contributed by atoms with Gasteiger partial charge >= 0.3 is 0 Å². The van der Waals surface area contributed by atoms with Gasteiger partial charge in [-0.15, -0.1) is 0 Å². The average Bonchev–Trinajstić information content (AvgIpc) is 2.95. The second kappa shape index (κ2) is 7.42. The van der Waals surface area contributed by atoms with Gasteiger partial charge in [-0.05, 0) is 56.8 Å². The van der Waals surface area contributed by atoms with Gasteiger partial charge in [-0.3, -0.25) is 0 Å². The lowest BCUT2D eigenvalue weighted by molar-refractivity contribution is 0.261. The third-order valence-electron chi connectivity index (χ3n) is 5.40. The second-order valence-corrected chi connectivity index (χ2v) is 7.11. The molecule has 1 aliphatic heterocycles. The summed E-state index contributed by atoms with van der Waals surface area (Å²) in [5, 5.41) is 3.94. The number of nitrogens with one attached hydrogen (secondary N) is 1. The maximum Gasteiger partial charge on any atom is 0.0348 e. The van der Waals surface area contributed by atoms with E-state index in [4.69, 9.17) is 0 Å². The Hall–Kier alpha value is -0.860. The Kier molecular flexibility index (Phi) is 5.32. The summed E-state index contributed by atoms with van der Waals surface area (Å²) in [7, 11) is 2.25. The zero-order valence-electron chi connectivity index (χ0n) is 13.4. The SMILES string of the molecule is CN1CCC(CNC(c2ccccc2)C2CCCCC2)C1. The van der Waals surface area contributed by atoms with Gasteiger partial charge in [-0.1, -0.05) is 49.6 Å². The molecule has 1 saturated heterocycles. The summed E-state index contributed by atoms with van der Waals surface area (Å²) in [5.74, 6) is 1.67. The summed E-state index contributed by atoms with van der Waals surface area (Å²) in [5.41, 5.74) is 1.50. The third-order valence-corrected chi connectivity index (χ3v) is 5.40. The molecule has 2 unspecified atom stereocenters. The van der Waals surface area contributed by atoms with Crippen molar-refractivity contribution in [2.75, 3.05) is 26.7 Å². The van der Waals surface area contributed by atoms with Gasteiger partial charge < -0.3 is 10.2 Å². The van der Waals surface area contributed by atoms with Crippen molar-refractivity contribution in [2.45, 2.75) is 44.6 Å². The van der Waals surface area contributed by atoms with Crippen LogP contribution in [0.25, 0.3) is 0 Å². The summed E-state index contributed by atoms with van der Waals surface area (Å²) >= 11 is 0. The molecule has 1 aromatic rings. The Labute approximate surface area is 129 Å². The predicted octanol–water partition coefficient (Wildman–Crippen LogP) is 3.85. The highest BCUT2D eigenvalue weighted by Crippen LogP contribution is 2.34. The minimum absolute atomic E-state index is 0.567. The topological polar surface area (TPSA) is 15.3 Å². The Morgan fingerprint density at radius 3 is 2.52 bits per heavy atom. The monoisotopic (exact) mass is 286 g/mol. The van der Waals surface area contributed by atoms with Crippen molar-refractivity contribution in [3.05, 3.63) is 35.9 Å². The van der Waals surface area contributed by atoms with E-state index in [1.165, 1.54) is 63.7 Å². The van der Waals surface area contributed by atoms with Crippen molar-refractivity contribution >= 4 is 0 Å². The molecule has 2 heteroatoms. The van der Waals surface area contributed by atoms with Crippen LogP contribution in [0.5, 0.6) is 0 Å². The Morgan fingerprint density at radius 1 is 1.10 bits per heavy atom. The molecular formula is C19H30N2. The molecule has 116 valence electrons. The first-order valence-electron chi connectivity index (χ1n) is 8.80. The lowest BCUT2D eigenvalue weighted by Gasteiger charge is -2.32. The molecule has 2 atom stereocenters. The molecule has 2 nitrogen and oxygen atoms in total. The molecule has 0 radical (unpaired) electrons. The van der Waals surface area contributed by atoms with Gasteiger partial charge in [-0.2, -0.15) is 0 Å². The smallest absolute Gasteiger partial charge is 0.0348 e. The lowest BCUT2D eigenvalue weighted by atomic mass is 9.81. The van der Waals surface area contributed by atoms with Crippen molar-refractivity contribution < 1.29 is 0 Å². The highest BCUT2D eigenvalue weighted by Gasteiger charge is 2.26. The third kappa shape index (κ3) is 4.08. The molecule has 0 bridgehead atoms. The van der Waals surface area contributed by atoms with E-state index in [1.807, 2.05) is 0 Å². The molecule has 2 fully saturated rings. The fourth-order valence-electron chi connectivity index (χ4n) is 4.17. The zero-order valence-corrected chi connectivity index (χ0v) is 13.4. The average molecular weight is 286 g/mol. The minimum atomic E-state index is 0.567. The van der Waals surface area contributed by atoms with Gasteiger partial charge in [0, 0.05) is 12.6 Å². The molecule has 1 aliphatic carbocycles. The number of rotatable bonds is 5. The largest absolute Gasteiger partial charge is 0.309 e. The minimum Gasteiger partial charge on any atom is -0.309 e. The molecule has 1 N–H and O–H groups in total. The van der Waals surface area contributed by atoms with Gasteiger partial charge in [0.15, 0.2) is 0 Å². The number of hydrogen-bond acceptors (Lipinski definition) is 2. The van der Waals surface area contributed by atoms with Crippen LogP contribution in [0.15, 0.2) is 30.3 Å². The van der Waals surface area contributed by atoms with Crippen LogP contribution in [0.3, 0.4) is 0 Å². The first-order valence-corrected chi connectivity index (χ1v) is 8.80. The van der Waals surface area contributed by atoms with Crippen molar-refractivity contribution in [1.82, 2.24) is 10.2 Å². The van der Waals surface area contributed by atoms with E-state index >= 15 is 0 Å². The second-order valence-electron chi connectivity index (χ2n) is 7.11. The normalized spacial score (nSPS) is 26.0. The molecule has 0 amide bonds. The van der Waals surface area contributed by atoms with E-state index in [0.29, 0.717) is 6.04 Å². The first-order chi connectivity index (χ1) is 10.3. The van der Waals surface area contributed by atoms with E-state index < -0.39 is 0 Å². The molecule has 1 saturated carbocycles. The molecule has 0 spiro atoms. The molecular weight excluding hydrogens is 256 g/mol. The van der Waals surface area contributed by atoms with Crippen LogP contribution in [0, 0.1) is 11.8 Å². The van der Waals surface area contributed by atoms with Crippen molar-refractivity contribution in [2.24, 2.45) is 11.8 Å². The first kappa shape index (κ1) is 15.1. The van der Waals surface area contributed by atoms with Crippen LogP contribution < -0.4 is 5.32 Å². The number of hydrogen-bond donors (Lipinski definition) is 1. The van der Waals surface area contributed by atoms with Crippen LogP contribution in [0.1, 0.15) is 50.1 Å². The van der Waals surface area contributed by atoms with Crippen molar-refractivity contribution in [3.63, 3.8) is 0 Å². The van der Waals surface area contributed by atoms with Gasteiger partial charge in [0.2, 0.25) is 0 Å². The zero-order chi connectivity index (χ0) is 14.5. The predicted molar refractivity (Wildman–Crippen MR) is 89.4 cm³/mol. The van der Waals surface area contributed by atoms with E-state index in [0.717, 1.165) is 11.8 Å². The standard InChI is InChI=1S/C19H30N2/c1-21-13-12-16(15-21)14-20-19(17-8-4-2-5-9-17)18-10-6-3-7-11-18/h2,4-5,8-9,16,18-20H,3,6-7,10-15H2,1H3. The number of nitrogens with zero attached hydrogens (tertiary/aromatic N) is 1. The van der Waals surface area contributed by atoms with Crippen LogP contribution in [-0.2, 0) is 0 Å². The summed E-state index contributed by atoms with van der Waals surface area (Å²) in [6.45, 7) is 3.71. The molecule has 1 heterocycles. The van der Waals surface area contributed by atoms with Crippen molar-refractivity contribution in [1.29, 1.82) is 0 Å². The highest BCUT2D eigenvalue weighted by atomic mass is 15.1. The highest BCUT2D eigenvalue weighted by molar-refractivity contribution is 5.20. The van der Waals surface area contributed by atoms with Crippen LogP contribution in [0.4, 0.5) is 0 Å². The van der Waals surface area contributed by atoms with Crippen molar-refractivity contribution in [3.8, 4) is 0 Å².